The number of rotatable bonds is 5. The van der Waals surface area contributed by atoms with Crippen LogP contribution in [0.3, 0.4) is 0 Å². The Balaban J connectivity index is 1.57. The number of amides is 1. The predicted molar refractivity (Wildman–Crippen MR) is 112 cm³/mol. The van der Waals surface area contributed by atoms with Crippen molar-refractivity contribution in [3.8, 4) is 6.07 Å². The Bertz CT molecular complexity index is 891. The van der Waals surface area contributed by atoms with E-state index in [1.807, 2.05) is 50.2 Å². The van der Waals surface area contributed by atoms with Crippen molar-refractivity contribution in [2.75, 3.05) is 31.5 Å². The predicted octanol–water partition coefficient (Wildman–Crippen LogP) is 3.47. The number of aryl methyl sites for hydroxylation is 2. The molecule has 1 N–H and O–H groups in total. The van der Waals surface area contributed by atoms with Gasteiger partial charge in [-0.15, -0.1) is 0 Å². The van der Waals surface area contributed by atoms with Crippen LogP contribution in [0.1, 0.15) is 16.7 Å². The number of nitrogens with one attached hydrogen (secondary N) is 1. The normalized spacial score (nSPS) is 15.2. The van der Waals surface area contributed by atoms with Crippen molar-refractivity contribution in [3.63, 3.8) is 0 Å². The van der Waals surface area contributed by atoms with Gasteiger partial charge in [-0.05, 0) is 31.0 Å². The minimum absolute atomic E-state index is 0.136. The van der Waals surface area contributed by atoms with Crippen molar-refractivity contribution in [1.82, 2.24) is 9.80 Å². The second-order valence-corrected chi connectivity index (χ2v) is 7.19. The average Bonchev–Trinajstić information content (AvgIpc) is 2.71. The highest BCUT2D eigenvalue weighted by Gasteiger charge is 2.23. The van der Waals surface area contributed by atoms with Gasteiger partial charge >= 0.3 is 0 Å². The largest absolute Gasteiger partial charge is 0.360 e. The first-order valence-corrected chi connectivity index (χ1v) is 9.56. The number of piperazine rings is 1. The third-order valence-corrected chi connectivity index (χ3v) is 5.01. The zero-order valence-electron chi connectivity index (χ0n) is 16.5. The Morgan fingerprint density at radius 1 is 1.11 bits per heavy atom. The maximum atomic E-state index is 12.7. The van der Waals surface area contributed by atoms with Crippen molar-refractivity contribution >= 4 is 11.6 Å². The molecule has 5 heteroatoms. The average molecular weight is 374 g/mol. The summed E-state index contributed by atoms with van der Waals surface area (Å²) in [6.45, 7) is 7.81. The third kappa shape index (κ3) is 4.99. The Kier molecular flexibility index (Phi) is 6.46. The van der Waals surface area contributed by atoms with E-state index in [1.54, 1.807) is 4.90 Å². The molecule has 1 aliphatic heterocycles. The standard InChI is InChI=1S/C23H26N4O/c1-18-8-9-22(19(2)14-18)25-16-21(15-24)23(28)27-12-10-26(11-13-27)17-20-6-4-3-5-7-20/h3-9,14,16,25H,10-13,17H2,1-2H3/b21-16-. The van der Waals surface area contributed by atoms with E-state index >= 15 is 0 Å². The van der Waals surface area contributed by atoms with E-state index in [0.717, 1.165) is 30.9 Å². The van der Waals surface area contributed by atoms with Crippen molar-refractivity contribution < 1.29 is 4.79 Å². The van der Waals surface area contributed by atoms with Crippen molar-refractivity contribution in [1.29, 1.82) is 5.26 Å². The molecule has 0 atom stereocenters. The molecular weight excluding hydrogens is 348 g/mol. The Morgan fingerprint density at radius 3 is 2.46 bits per heavy atom. The fourth-order valence-electron chi connectivity index (χ4n) is 3.39. The first-order valence-electron chi connectivity index (χ1n) is 9.56. The van der Waals surface area contributed by atoms with Crippen molar-refractivity contribution in [2.24, 2.45) is 0 Å². The van der Waals surface area contributed by atoms with E-state index in [9.17, 15) is 10.1 Å². The summed E-state index contributed by atoms with van der Waals surface area (Å²) in [5.74, 6) is -0.209. The lowest BCUT2D eigenvalue weighted by molar-refractivity contribution is -0.128. The molecule has 0 unspecified atom stereocenters. The Morgan fingerprint density at radius 2 is 1.82 bits per heavy atom. The molecular formula is C23H26N4O. The summed E-state index contributed by atoms with van der Waals surface area (Å²) in [5.41, 5.74) is 4.57. The quantitative estimate of drug-likeness (QED) is 0.643. The number of hydrogen-bond acceptors (Lipinski definition) is 4. The van der Waals surface area contributed by atoms with Gasteiger partial charge < -0.3 is 10.2 Å². The number of nitriles is 1. The van der Waals surface area contributed by atoms with Crippen LogP contribution in [0.5, 0.6) is 0 Å². The van der Waals surface area contributed by atoms with E-state index in [0.29, 0.717) is 13.1 Å². The van der Waals surface area contributed by atoms with Crippen LogP contribution in [0.15, 0.2) is 60.3 Å². The number of carbonyl (C=O) groups excluding carboxylic acids is 1. The first-order chi connectivity index (χ1) is 13.6. The SMILES string of the molecule is Cc1ccc(N/C=C(/C#N)C(=O)N2CCN(Cc3ccccc3)CC2)c(C)c1. The van der Waals surface area contributed by atoms with Gasteiger partial charge in [-0.2, -0.15) is 5.26 Å². The highest BCUT2D eigenvalue weighted by atomic mass is 16.2. The van der Waals surface area contributed by atoms with Crippen LogP contribution < -0.4 is 5.32 Å². The minimum atomic E-state index is -0.209. The fourth-order valence-corrected chi connectivity index (χ4v) is 3.39. The number of carbonyl (C=O) groups is 1. The van der Waals surface area contributed by atoms with Gasteiger partial charge in [0.15, 0.2) is 0 Å². The lowest BCUT2D eigenvalue weighted by Crippen LogP contribution is -2.48. The highest BCUT2D eigenvalue weighted by molar-refractivity contribution is 5.97. The lowest BCUT2D eigenvalue weighted by Gasteiger charge is -2.34. The molecule has 0 radical (unpaired) electrons. The van der Waals surface area contributed by atoms with Gasteiger partial charge in [-0.1, -0.05) is 48.0 Å². The van der Waals surface area contributed by atoms with E-state index in [1.165, 1.54) is 17.3 Å². The molecule has 1 heterocycles. The van der Waals surface area contributed by atoms with E-state index in [4.69, 9.17) is 0 Å². The summed E-state index contributed by atoms with van der Waals surface area (Å²) in [4.78, 5) is 16.8. The molecule has 3 rings (SSSR count). The van der Waals surface area contributed by atoms with Gasteiger partial charge in [0.1, 0.15) is 11.6 Å². The van der Waals surface area contributed by atoms with Gasteiger partial charge in [-0.3, -0.25) is 9.69 Å². The molecule has 0 aliphatic carbocycles. The molecule has 1 aliphatic rings. The topological polar surface area (TPSA) is 59.4 Å². The number of nitrogens with zero attached hydrogens (tertiary/aromatic N) is 3. The maximum absolute atomic E-state index is 12.7. The highest BCUT2D eigenvalue weighted by Crippen LogP contribution is 2.17. The molecule has 28 heavy (non-hydrogen) atoms. The maximum Gasteiger partial charge on any atom is 0.266 e. The zero-order chi connectivity index (χ0) is 19.9. The molecule has 5 nitrogen and oxygen atoms in total. The van der Waals surface area contributed by atoms with E-state index in [2.05, 4.69) is 28.4 Å². The van der Waals surface area contributed by atoms with Gasteiger partial charge in [0, 0.05) is 44.6 Å². The van der Waals surface area contributed by atoms with Crippen LogP contribution in [0.25, 0.3) is 0 Å². The molecule has 144 valence electrons. The number of hydrogen-bond donors (Lipinski definition) is 1. The fraction of sp³-hybridized carbons (Fsp3) is 0.304. The van der Waals surface area contributed by atoms with Crippen molar-refractivity contribution in [3.05, 3.63) is 77.0 Å². The van der Waals surface area contributed by atoms with E-state index in [-0.39, 0.29) is 11.5 Å². The molecule has 2 aromatic rings. The van der Waals surface area contributed by atoms with Gasteiger partial charge in [0.25, 0.3) is 5.91 Å². The van der Waals surface area contributed by atoms with Crippen LogP contribution in [0.4, 0.5) is 5.69 Å². The van der Waals surface area contributed by atoms with E-state index < -0.39 is 0 Å². The Hall–Kier alpha value is -3.10. The van der Waals surface area contributed by atoms with Crippen LogP contribution >= 0.6 is 0 Å². The van der Waals surface area contributed by atoms with Crippen LogP contribution in [-0.2, 0) is 11.3 Å². The lowest BCUT2D eigenvalue weighted by atomic mass is 10.1. The zero-order valence-corrected chi connectivity index (χ0v) is 16.5. The molecule has 0 spiro atoms. The molecule has 1 amide bonds. The number of anilines is 1. The second kappa shape index (κ2) is 9.20. The molecule has 0 aromatic heterocycles. The van der Waals surface area contributed by atoms with Crippen LogP contribution in [0.2, 0.25) is 0 Å². The minimum Gasteiger partial charge on any atom is -0.360 e. The van der Waals surface area contributed by atoms with Gasteiger partial charge in [-0.25, -0.2) is 0 Å². The molecule has 1 saturated heterocycles. The van der Waals surface area contributed by atoms with Crippen LogP contribution in [0, 0.1) is 25.2 Å². The monoisotopic (exact) mass is 374 g/mol. The Labute approximate surface area is 166 Å². The molecule has 2 aromatic carbocycles. The first kappa shape index (κ1) is 19.7. The smallest absolute Gasteiger partial charge is 0.266 e. The van der Waals surface area contributed by atoms with Gasteiger partial charge in [0.05, 0.1) is 0 Å². The van der Waals surface area contributed by atoms with Gasteiger partial charge in [0.2, 0.25) is 0 Å². The van der Waals surface area contributed by atoms with Crippen LogP contribution in [-0.4, -0.2) is 41.9 Å². The summed E-state index contributed by atoms with van der Waals surface area (Å²) < 4.78 is 0. The summed E-state index contributed by atoms with van der Waals surface area (Å²) in [6, 6.07) is 18.4. The molecule has 0 bridgehead atoms. The third-order valence-electron chi connectivity index (χ3n) is 5.01. The molecule has 1 fully saturated rings. The molecule has 0 saturated carbocycles. The summed E-state index contributed by atoms with van der Waals surface area (Å²) >= 11 is 0. The summed E-state index contributed by atoms with van der Waals surface area (Å²) in [6.07, 6.45) is 1.52. The van der Waals surface area contributed by atoms with Crippen molar-refractivity contribution in [2.45, 2.75) is 20.4 Å². The summed E-state index contributed by atoms with van der Waals surface area (Å²) in [7, 11) is 0. The second-order valence-electron chi connectivity index (χ2n) is 7.19. The summed E-state index contributed by atoms with van der Waals surface area (Å²) in [5, 5.41) is 12.6. The number of benzene rings is 2.